The van der Waals surface area contributed by atoms with E-state index in [-0.39, 0.29) is 5.56 Å². The van der Waals surface area contributed by atoms with E-state index in [1.165, 1.54) is 37.8 Å². The van der Waals surface area contributed by atoms with Gasteiger partial charge in [0.15, 0.2) is 11.6 Å². The second-order valence-electron chi connectivity index (χ2n) is 7.81. The molecular weight excluding hydrogens is 409 g/mol. The molecule has 0 N–H and O–H groups in total. The molecule has 0 fully saturated rings. The van der Waals surface area contributed by atoms with Gasteiger partial charge in [-0.15, -0.1) is 0 Å². The van der Waals surface area contributed by atoms with E-state index in [1.807, 2.05) is 25.1 Å². The lowest BCUT2D eigenvalue weighted by Gasteiger charge is -2.08. The molecule has 0 spiro atoms. The zero-order valence-corrected chi connectivity index (χ0v) is 18.5. The van der Waals surface area contributed by atoms with Crippen molar-refractivity contribution in [1.82, 2.24) is 0 Å². The Bertz CT molecular complexity index is 1130. The molecule has 0 amide bonds. The number of hydrogen-bond acceptors (Lipinski definition) is 1. The number of halogens is 3. The Morgan fingerprint density at radius 1 is 0.688 bits per heavy atom. The Kier molecular flexibility index (Phi) is 8.39. The molecule has 3 rings (SSSR count). The summed E-state index contributed by atoms with van der Waals surface area (Å²) in [5.74, 6) is 4.27. The van der Waals surface area contributed by atoms with Crippen LogP contribution in [0.5, 0.6) is 5.75 Å². The molecule has 1 nitrogen and oxygen atoms in total. The highest BCUT2D eigenvalue weighted by atomic mass is 19.2. The summed E-state index contributed by atoms with van der Waals surface area (Å²) in [6, 6.07) is 13.7. The van der Waals surface area contributed by atoms with Crippen LogP contribution in [-0.4, -0.2) is 6.61 Å². The summed E-state index contributed by atoms with van der Waals surface area (Å²) in [5, 5.41) is 0. The molecule has 0 unspecified atom stereocenters. The molecule has 4 heteroatoms. The van der Waals surface area contributed by atoms with Crippen LogP contribution in [0.15, 0.2) is 54.6 Å². The third-order valence-corrected chi connectivity index (χ3v) is 5.27. The maximum Gasteiger partial charge on any atom is 0.159 e. The largest absolute Gasteiger partial charge is 0.494 e. The molecule has 3 aromatic carbocycles. The van der Waals surface area contributed by atoms with Crippen molar-refractivity contribution in [2.45, 2.75) is 46.0 Å². The van der Waals surface area contributed by atoms with Crippen LogP contribution in [0.2, 0.25) is 0 Å². The molecule has 0 aliphatic rings. The first-order valence-electron chi connectivity index (χ1n) is 11.0. The summed E-state index contributed by atoms with van der Waals surface area (Å²) in [6.07, 6.45) is 5.95. The third kappa shape index (κ3) is 6.40. The highest BCUT2D eigenvalue weighted by Gasteiger charge is 2.07. The van der Waals surface area contributed by atoms with E-state index in [9.17, 15) is 13.2 Å². The van der Waals surface area contributed by atoms with Gasteiger partial charge in [0.25, 0.3) is 0 Å². The molecule has 0 aliphatic heterocycles. The molecule has 0 saturated carbocycles. The average molecular weight is 437 g/mol. The number of hydrogen-bond donors (Lipinski definition) is 0. The fraction of sp³-hybridized carbons (Fsp3) is 0.286. The summed E-state index contributed by atoms with van der Waals surface area (Å²) in [5.41, 5.74) is 2.85. The molecule has 0 bridgehead atoms. The highest BCUT2D eigenvalue weighted by Crippen LogP contribution is 2.24. The number of rotatable bonds is 8. The standard InChI is InChI=1S/C28H27F3O/c1-3-4-5-6-7-16-32-25-14-12-21(20(2)17-25)8-9-22-10-11-23(18-27(22)30)24-13-15-26(29)28(31)19-24/h10-15,17-19H,3-7,16H2,1-2H3. The van der Waals surface area contributed by atoms with Crippen LogP contribution in [0.1, 0.15) is 55.7 Å². The minimum absolute atomic E-state index is 0.239. The molecule has 0 aliphatic carbocycles. The van der Waals surface area contributed by atoms with Gasteiger partial charge in [-0.3, -0.25) is 0 Å². The van der Waals surface area contributed by atoms with Gasteiger partial charge in [-0.05, 0) is 72.5 Å². The Morgan fingerprint density at radius 2 is 1.34 bits per heavy atom. The van der Waals surface area contributed by atoms with E-state index < -0.39 is 17.5 Å². The molecule has 3 aromatic rings. The van der Waals surface area contributed by atoms with Gasteiger partial charge < -0.3 is 4.74 Å². The summed E-state index contributed by atoms with van der Waals surface area (Å²) in [6.45, 7) is 4.84. The summed E-state index contributed by atoms with van der Waals surface area (Å²) < 4.78 is 46.9. The van der Waals surface area contributed by atoms with Gasteiger partial charge in [-0.1, -0.05) is 56.6 Å². The van der Waals surface area contributed by atoms with Crippen molar-refractivity contribution >= 4 is 0 Å². The second-order valence-corrected chi connectivity index (χ2v) is 7.81. The molecular formula is C28H27F3O. The van der Waals surface area contributed by atoms with E-state index in [4.69, 9.17) is 4.74 Å². The number of unbranched alkanes of at least 4 members (excludes halogenated alkanes) is 4. The summed E-state index contributed by atoms with van der Waals surface area (Å²) in [4.78, 5) is 0. The first-order valence-corrected chi connectivity index (χ1v) is 11.0. The van der Waals surface area contributed by atoms with Gasteiger partial charge in [0, 0.05) is 5.56 Å². The molecule has 0 aromatic heterocycles. The zero-order valence-electron chi connectivity index (χ0n) is 18.5. The van der Waals surface area contributed by atoms with Gasteiger partial charge in [0.2, 0.25) is 0 Å². The van der Waals surface area contributed by atoms with E-state index in [1.54, 1.807) is 12.1 Å². The fourth-order valence-corrected chi connectivity index (χ4v) is 3.37. The van der Waals surface area contributed by atoms with Gasteiger partial charge in [-0.25, -0.2) is 13.2 Å². The van der Waals surface area contributed by atoms with Crippen LogP contribution in [0.3, 0.4) is 0 Å². The monoisotopic (exact) mass is 436 g/mol. The molecule has 0 saturated heterocycles. The smallest absolute Gasteiger partial charge is 0.159 e. The highest BCUT2D eigenvalue weighted by molar-refractivity contribution is 5.65. The predicted molar refractivity (Wildman–Crippen MR) is 123 cm³/mol. The molecule has 0 radical (unpaired) electrons. The van der Waals surface area contributed by atoms with Crippen molar-refractivity contribution in [2.75, 3.05) is 6.61 Å². The lowest BCUT2D eigenvalue weighted by molar-refractivity contribution is 0.304. The van der Waals surface area contributed by atoms with E-state index in [0.717, 1.165) is 35.4 Å². The maximum atomic E-state index is 14.5. The van der Waals surface area contributed by atoms with Crippen LogP contribution in [-0.2, 0) is 0 Å². The first-order chi connectivity index (χ1) is 15.5. The normalized spacial score (nSPS) is 10.5. The van der Waals surface area contributed by atoms with Crippen molar-refractivity contribution in [3.63, 3.8) is 0 Å². The Labute approximate surface area is 188 Å². The van der Waals surface area contributed by atoms with Crippen LogP contribution in [0.4, 0.5) is 13.2 Å². The molecule has 32 heavy (non-hydrogen) atoms. The van der Waals surface area contributed by atoms with Crippen LogP contribution < -0.4 is 4.74 Å². The van der Waals surface area contributed by atoms with Crippen molar-refractivity contribution < 1.29 is 17.9 Å². The lowest BCUT2D eigenvalue weighted by Crippen LogP contribution is -1.98. The SMILES string of the molecule is CCCCCCCOc1ccc(C#Cc2ccc(-c3ccc(F)c(F)c3)cc2F)c(C)c1. The minimum atomic E-state index is -0.967. The quantitative estimate of drug-likeness (QED) is 0.258. The number of benzene rings is 3. The summed E-state index contributed by atoms with van der Waals surface area (Å²) >= 11 is 0. The number of aryl methyl sites for hydroxylation is 1. The minimum Gasteiger partial charge on any atom is -0.494 e. The first kappa shape index (κ1) is 23.5. The topological polar surface area (TPSA) is 9.23 Å². The van der Waals surface area contributed by atoms with Crippen molar-refractivity contribution in [3.05, 3.63) is 88.7 Å². The van der Waals surface area contributed by atoms with Gasteiger partial charge in [0.05, 0.1) is 12.2 Å². The predicted octanol–water partition coefficient (Wildman–Crippen LogP) is 7.83. The molecule has 166 valence electrons. The van der Waals surface area contributed by atoms with E-state index in [0.29, 0.717) is 17.7 Å². The zero-order chi connectivity index (χ0) is 22.9. The van der Waals surface area contributed by atoms with E-state index >= 15 is 0 Å². The molecule has 0 atom stereocenters. The second kappa shape index (κ2) is 11.4. The van der Waals surface area contributed by atoms with Crippen LogP contribution >= 0.6 is 0 Å². The summed E-state index contributed by atoms with van der Waals surface area (Å²) in [7, 11) is 0. The molecule has 0 heterocycles. The Balaban J connectivity index is 1.66. The van der Waals surface area contributed by atoms with Crippen molar-refractivity contribution in [3.8, 4) is 28.7 Å². The van der Waals surface area contributed by atoms with Crippen LogP contribution in [0.25, 0.3) is 11.1 Å². The van der Waals surface area contributed by atoms with E-state index in [2.05, 4.69) is 18.8 Å². The Morgan fingerprint density at radius 3 is 2.03 bits per heavy atom. The maximum absolute atomic E-state index is 14.5. The average Bonchev–Trinajstić information content (AvgIpc) is 2.78. The number of ether oxygens (including phenoxy) is 1. The third-order valence-electron chi connectivity index (χ3n) is 5.27. The Hall–Kier alpha value is -3.19. The lowest BCUT2D eigenvalue weighted by atomic mass is 10.0. The van der Waals surface area contributed by atoms with Gasteiger partial charge in [0.1, 0.15) is 11.6 Å². The van der Waals surface area contributed by atoms with Crippen molar-refractivity contribution in [2.24, 2.45) is 0 Å². The van der Waals surface area contributed by atoms with Crippen LogP contribution in [0, 0.1) is 36.2 Å². The van der Waals surface area contributed by atoms with Gasteiger partial charge >= 0.3 is 0 Å². The van der Waals surface area contributed by atoms with Crippen molar-refractivity contribution in [1.29, 1.82) is 0 Å². The van der Waals surface area contributed by atoms with Gasteiger partial charge in [-0.2, -0.15) is 0 Å². The fourth-order valence-electron chi connectivity index (χ4n) is 3.37.